The van der Waals surface area contributed by atoms with Crippen molar-refractivity contribution in [3.8, 4) is 11.8 Å². The van der Waals surface area contributed by atoms with Gasteiger partial charge in [0.05, 0.1) is 0 Å². The normalized spacial score (nSPS) is 9.50. The molecular formula is C7H8O. The summed E-state index contributed by atoms with van der Waals surface area (Å²) in [5, 5.41) is 0. The van der Waals surface area contributed by atoms with E-state index in [1.165, 1.54) is 0 Å². The Bertz CT molecular complexity index is 155. The average Bonchev–Trinajstić information content (AvgIpc) is 1.83. The largest absolute Gasteiger partial charge is 0.289 e. The first-order chi connectivity index (χ1) is 3.81. The zero-order valence-electron chi connectivity index (χ0n) is 5.06. The van der Waals surface area contributed by atoms with Crippen LogP contribution in [-0.4, -0.2) is 6.29 Å². The summed E-state index contributed by atoms with van der Waals surface area (Å²) in [7, 11) is 0. The molecule has 0 aliphatic heterocycles. The molecule has 0 N–H and O–H groups in total. The predicted octanol–water partition coefficient (Wildman–Crippen LogP) is 1.15. The average molecular weight is 108 g/mol. The summed E-state index contributed by atoms with van der Waals surface area (Å²) in [4.78, 5) is 9.62. The Kier molecular flexibility index (Phi) is 3.60. The first kappa shape index (κ1) is 6.97. The topological polar surface area (TPSA) is 17.1 Å². The van der Waals surface area contributed by atoms with Gasteiger partial charge in [0, 0.05) is 0 Å². The first-order valence-electron chi connectivity index (χ1n) is 2.39. The van der Waals surface area contributed by atoms with Crippen LogP contribution in [0.2, 0.25) is 0 Å². The van der Waals surface area contributed by atoms with Crippen LogP contribution in [0.5, 0.6) is 0 Å². The quantitative estimate of drug-likeness (QED) is 0.336. The maximum atomic E-state index is 9.62. The summed E-state index contributed by atoms with van der Waals surface area (Å²) >= 11 is 0. The van der Waals surface area contributed by atoms with E-state index >= 15 is 0 Å². The minimum Gasteiger partial charge on any atom is -0.289 e. The fourth-order valence-corrected chi connectivity index (χ4v) is 0.215. The monoisotopic (exact) mass is 108 g/mol. The summed E-state index contributed by atoms with van der Waals surface area (Å²) in [5.41, 5.74) is 0.928. The summed E-state index contributed by atoms with van der Waals surface area (Å²) in [5.74, 6) is 4.93. The van der Waals surface area contributed by atoms with E-state index in [0.717, 1.165) is 5.57 Å². The minimum atomic E-state index is 0.590. The van der Waals surface area contributed by atoms with Gasteiger partial charge in [0.2, 0.25) is 0 Å². The SMILES string of the molecule is C/C=C(\C)C#CC=O. The fraction of sp³-hybridized carbons (Fsp3) is 0.286. The van der Waals surface area contributed by atoms with E-state index in [0.29, 0.717) is 6.29 Å². The summed E-state index contributed by atoms with van der Waals surface area (Å²) in [6.07, 6.45) is 2.45. The Morgan fingerprint density at radius 1 is 1.62 bits per heavy atom. The summed E-state index contributed by atoms with van der Waals surface area (Å²) < 4.78 is 0. The molecule has 8 heavy (non-hydrogen) atoms. The smallest absolute Gasteiger partial charge is 0.193 e. The van der Waals surface area contributed by atoms with Crippen molar-refractivity contribution in [1.82, 2.24) is 0 Å². The van der Waals surface area contributed by atoms with E-state index in [2.05, 4.69) is 11.8 Å². The summed E-state index contributed by atoms with van der Waals surface area (Å²) in [6, 6.07) is 0. The van der Waals surface area contributed by atoms with Gasteiger partial charge in [0.15, 0.2) is 6.29 Å². The number of carbonyl (C=O) groups excluding carboxylic acids is 1. The highest BCUT2D eigenvalue weighted by atomic mass is 16.1. The Morgan fingerprint density at radius 3 is 2.62 bits per heavy atom. The van der Waals surface area contributed by atoms with Crippen molar-refractivity contribution in [2.24, 2.45) is 0 Å². The maximum Gasteiger partial charge on any atom is 0.193 e. The van der Waals surface area contributed by atoms with E-state index in [-0.39, 0.29) is 0 Å². The van der Waals surface area contributed by atoms with Crippen LogP contribution in [0, 0.1) is 11.8 Å². The van der Waals surface area contributed by atoms with Crippen LogP contribution in [0.25, 0.3) is 0 Å². The van der Waals surface area contributed by atoms with E-state index in [9.17, 15) is 4.79 Å². The lowest BCUT2D eigenvalue weighted by Gasteiger charge is -1.76. The van der Waals surface area contributed by atoms with Gasteiger partial charge in [-0.25, -0.2) is 0 Å². The molecule has 0 aliphatic carbocycles. The molecule has 0 unspecified atom stereocenters. The molecule has 0 bridgehead atoms. The molecule has 42 valence electrons. The number of rotatable bonds is 0. The molecule has 0 saturated carbocycles. The molecule has 0 saturated heterocycles. The second-order valence-electron chi connectivity index (χ2n) is 1.36. The molecule has 0 heterocycles. The molecule has 0 fully saturated rings. The van der Waals surface area contributed by atoms with Crippen molar-refractivity contribution in [2.45, 2.75) is 13.8 Å². The van der Waals surface area contributed by atoms with Crippen molar-refractivity contribution in [3.63, 3.8) is 0 Å². The molecule has 0 amide bonds. The molecule has 1 nitrogen and oxygen atoms in total. The summed E-state index contributed by atoms with van der Waals surface area (Å²) in [6.45, 7) is 3.74. The van der Waals surface area contributed by atoms with Crippen LogP contribution in [0.3, 0.4) is 0 Å². The van der Waals surface area contributed by atoms with Gasteiger partial charge in [-0.1, -0.05) is 12.0 Å². The zero-order chi connectivity index (χ0) is 6.41. The van der Waals surface area contributed by atoms with E-state index < -0.39 is 0 Å². The van der Waals surface area contributed by atoms with Crippen molar-refractivity contribution in [1.29, 1.82) is 0 Å². The van der Waals surface area contributed by atoms with Crippen LogP contribution in [-0.2, 0) is 4.79 Å². The maximum absolute atomic E-state index is 9.62. The van der Waals surface area contributed by atoms with Gasteiger partial charge in [0.25, 0.3) is 0 Å². The van der Waals surface area contributed by atoms with Gasteiger partial charge in [-0.15, -0.1) is 0 Å². The Morgan fingerprint density at radius 2 is 2.25 bits per heavy atom. The van der Waals surface area contributed by atoms with Crippen molar-refractivity contribution >= 4 is 6.29 Å². The number of aldehydes is 1. The number of carbonyl (C=O) groups is 1. The lowest BCUT2D eigenvalue weighted by atomic mass is 10.3. The fourth-order valence-electron chi connectivity index (χ4n) is 0.215. The van der Waals surface area contributed by atoms with E-state index in [4.69, 9.17) is 0 Å². The van der Waals surface area contributed by atoms with Gasteiger partial charge in [-0.3, -0.25) is 4.79 Å². The molecule has 0 aromatic carbocycles. The van der Waals surface area contributed by atoms with Crippen LogP contribution in [0.1, 0.15) is 13.8 Å². The molecule has 0 aliphatic rings. The third kappa shape index (κ3) is 3.17. The van der Waals surface area contributed by atoms with Crippen LogP contribution < -0.4 is 0 Å². The highest BCUT2D eigenvalue weighted by Gasteiger charge is 1.70. The van der Waals surface area contributed by atoms with Gasteiger partial charge in [-0.05, 0) is 25.3 Å². The third-order valence-corrected chi connectivity index (χ3v) is 0.761. The second-order valence-corrected chi connectivity index (χ2v) is 1.36. The standard InChI is InChI=1S/C7H8O/c1-3-7(2)5-4-6-8/h3,6H,1-2H3/b7-3+. The van der Waals surface area contributed by atoms with Crippen LogP contribution >= 0.6 is 0 Å². The predicted molar refractivity (Wildman–Crippen MR) is 33.3 cm³/mol. The zero-order valence-corrected chi connectivity index (χ0v) is 5.06. The lowest BCUT2D eigenvalue weighted by Crippen LogP contribution is -1.65. The third-order valence-electron chi connectivity index (χ3n) is 0.761. The van der Waals surface area contributed by atoms with Crippen LogP contribution in [0.4, 0.5) is 0 Å². The molecular weight excluding hydrogens is 100 g/mol. The second kappa shape index (κ2) is 4.14. The number of hydrogen-bond acceptors (Lipinski definition) is 1. The van der Waals surface area contributed by atoms with E-state index in [1.54, 1.807) is 0 Å². The van der Waals surface area contributed by atoms with Crippen LogP contribution in [0.15, 0.2) is 11.6 Å². The minimum absolute atomic E-state index is 0.590. The Balaban J connectivity index is 3.88. The van der Waals surface area contributed by atoms with Crippen molar-refractivity contribution < 1.29 is 4.79 Å². The molecule has 0 spiro atoms. The van der Waals surface area contributed by atoms with Gasteiger partial charge in [0.1, 0.15) is 0 Å². The van der Waals surface area contributed by atoms with Gasteiger partial charge >= 0.3 is 0 Å². The first-order valence-corrected chi connectivity index (χ1v) is 2.39. The van der Waals surface area contributed by atoms with Crippen molar-refractivity contribution in [2.75, 3.05) is 0 Å². The lowest BCUT2D eigenvalue weighted by molar-refractivity contribution is -0.103. The highest BCUT2D eigenvalue weighted by molar-refractivity contribution is 5.73. The number of allylic oxidation sites excluding steroid dienone is 2. The Hall–Kier alpha value is -1.03. The molecule has 0 aromatic heterocycles. The molecule has 0 rings (SSSR count). The Labute approximate surface area is 49.4 Å². The molecule has 1 heteroatoms. The highest BCUT2D eigenvalue weighted by Crippen LogP contribution is 1.84. The van der Waals surface area contributed by atoms with Crippen molar-refractivity contribution in [3.05, 3.63) is 11.6 Å². The molecule has 0 radical (unpaired) electrons. The van der Waals surface area contributed by atoms with Gasteiger partial charge < -0.3 is 0 Å². The number of hydrogen-bond donors (Lipinski definition) is 0. The van der Waals surface area contributed by atoms with Gasteiger partial charge in [-0.2, -0.15) is 0 Å². The molecule has 0 atom stereocenters. The molecule has 0 aromatic rings. The van der Waals surface area contributed by atoms with E-state index in [1.807, 2.05) is 19.9 Å².